The van der Waals surface area contributed by atoms with Crippen molar-refractivity contribution in [3.63, 3.8) is 0 Å². The van der Waals surface area contributed by atoms with Crippen LogP contribution in [0.3, 0.4) is 0 Å². The number of rotatable bonds is 3. The van der Waals surface area contributed by atoms with Crippen LogP contribution in [0.4, 0.5) is 13.2 Å². The summed E-state index contributed by atoms with van der Waals surface area (Å²) in [7, 11) is 0. The molecule has 3 N–H and O–H groups in total. The second kappa shape index (κ2) is 4.03. The van der Waals surface area contributed by atoms with Crippen LogP contribution >= 0.6 is 11.3 Å². The zero-order valence-corrected chi connectivity index (χ0v) is 7.32. The molecule has 0 aliphatic carbocycles. The molecule has 1 atom stereocenters. The molecule has 1 aromatic heterocycles. The minimum Gasteiger partial charge on any atom is -0.271 e. The van der Waals surface area contributed by atoms with Crippen molar-refractivity contribution in [2.24, 2.45) is 5.84 Å². The van der Waals surface area contributed by atoms with E-state index in [4.69, 9.17) is 5.84 Å². The molecule has 1 heterocycles. The summed E-state index contributed by atoms with van der Waals surface area (Å²) in [5.41, 5.74) is 1.72. The van der Waals surface area contributed by atoms with Crippen LogP contribution in [0.25, 0.3) is 0 Å². The Morgan fingerprint density at radius 1 is 1.62 bits per heavy atom. The van der Waals surface area contributed by atoms with Gasteiger partial charge in [0.1, 0.15) is 6.04 Å². The lowest BCUT2D eigenvalue weighted by Crippen LogP contribution is -2.47. The molecule has 0 bridgehead atoms. The largest absolute Gasteiger partial charge is 0.405 e. The number of nitrogens with two attached hydrogens (primary N) is 1. The van der Waals surface area contributed by atoms with E-state index in [-0.39, 0.29) is 6.42 Å². The maximum Gasteiger partial charge on any atom is 0.405 e. The Labute approximate surface area is 76.7 Å². The Balaban J connectivity index is 2.60. The molecule has 74 valence electrons. The quantitative estimate of drug-likeness (QED) is 0.581. The molecule has 3 nitrogen and oxygen atoms in total. The zero-order chi connectivity index (χ0) is 9.90. The summed E-state index contributed by atoms with van der Waals surface area (Å²) in [6.07, 6.45) is -3.10. The molecule has 0 fully saturated rings. The van der Waals surface area contributed by atoms with E-state index in [1.807, 2.05) is 0 Å². The number of nitrogens with one attached hydrogen (secondary N) is 1. The maximum atomic E-state index is 12.1. The van der Waals surface area contributed by atoms with Crippen LogP contribution in [0, 0.1) is 0 Å². The molecule has 1 unspecified atom stereocenters. The third-order valence-electron chi connectivity index (χ3n) is 1.46. The summed E-state index contributed by atoms with van der Waals surface area (Å²) >= 11 is 1.18. The fourth-order valence-electron chi connectivity index (χ4n) is 0.798. The molecule has 0 spiro atoms. The highest BCUT2D eigenvalue weighted by Gasteiger charge is 2.39. The molecule has 0 amide bonds. The summed E-state index contributed by atoms with van der Waals surface area (Å²) in [5.74, 6) is 4.78. The summed E-state index contributed by atoms with van der Waals surface area (Å²) in [4.78, 5) is 3.74. The standard InChI is InChI=1S/C6H8F3N3S/c7-6(8,9)4(12-10)3-5-11-1-2-13-5/h1-2,4,12H,3,10H2. The summed E-state index contributed by atoms with van der Waals surface area (Å²) in [6.45, 7) is 0. The van der Waals surface area contributed by atoms with E-state index in [1.54, 1.807) is 10.8 Å². The number of hydrogen-bond acceptors (Lipinski definition) is 4. The van der Waals surface area contributed by atoms with Gasteiger partial charge in [0.05, 0.1) is 5.01 Å². The van der Waals surface area contributed by atoms with Crippen LogP contribution in [-0.4, -0.2) is 17.2 Å². The topological polar surface area (TPSA) is 50.9 Å². The maximum absolute atomic E-state index is 12.1. The van der Waals surface area contributed by atoms with Gasteiger partial charge in [0.25, 0.3) is 0 Å². The molecule has 0 aromatic carbocycles. The summed E-state index contributed by atoms with van der Waals surface area (Å²) in [6, 6.07) is -1.72. The fraction of sp³-hybridized carbons (Fsp3) is 0.500. The number of nitrogens with zero attached hydrogens (tertiary/aromatic N) is 1. The Morgan fingerprint density at radius 2 is 2.31 bits per heavy atom. The van der Waals surface area contributed by atoms with Crippen molar-refractivity contribution in [3.05, 3.63) is 16.6 Å². The van der Waals surface area contributed by atoms with Crippen LogP contribution in [0.2, 0.25) is 0 Å². The van der Waals surface area contributed by atoms with E-state index in [2.05, 4.69) is 4.98 Å². The van der Waals surface area contributed by atoms with Crippen LogP contribution in [0.15, 0.2) is 11.6 Å². The summed E-state index contributed by atoms with van der Waals surface area (Å²) < 4.78 is 36.4. The number of thiazole rings is 1. The van der Waals surface area contributed by atoms with Gasteiger partial charge >= 0.3 is 6.18 Å². The highest BCUT2D eigenvalue weighted by molar-refractivity contribution is 7.09. The average molecular weight is 211 g/mol. The van der Waals surface area contributed by atoms with Crippen molar-refractivity contribution in [2.45, 2.75) is 18.6 Å². The summed E-state index contributed by atoms with van der Waals surface area (Å²) in [5, 5.41) is 2.04. The molecule has 0 saturated heterocycles. The lowest BCUT2D eigenvalue weighted by Gasteiger charge is -2.17. The predicted molar refractivity (Wildman–Crippen MR) is 43.0 cm³/mol. The molecule has 0 aliphatic heterocycles. The highest BCUT2D eigenvalue weighted by Crippen LogP contribution is 2.23. The van der Waals surface area contributed by atoms with Crippen molar-refractivity contribution in [1.82, 2.24) is 10.4 Å². The van der Waals surface area contributed by atoms with Gasteiger partial charge < -0.3 is 0 Å². The van der Waals surface area contributed by atoms with Gasteiger partial charge in [0, 0.05) is 18.0 Å². The molecular formula is C6H8F3N3S. The van der Waals surface area contributed by atoms with Crippen LogP contribution in [0.5, 0.6) is 0 Å². The third-order valence-corrected chi connectivity index (χ3v) is 2.26. The minimum absolute atomic E-state index is 0.225. The van der Waals surface area contributed by atoms with Gasteiger partial charge in [-0.3, -0.25) is 5.84 Å². The van der Waals surface area contributed by atoms with Crippen LogP contribution in [0.1, 0.15) is 5.01 Å². The number of hydrogen-bond donors (Lipinski definition) is 2. The van der Waals surface area contributed by atoms with Crippen molar-refractivity contribution >= 4 is 11.3 Å². The van der Waals surface area contributed by atoms with Crippen molar-refractivity contribution in [1.29, 1.82) is 0 Å². The number of halogens is 3. The molecule has 0 saturated carbocycles. The lowest BCUT2D eigenvalue weighted by molar-refractivity contribution is -0.155. The molecule has 13 heavy (non-hydrogen) atoms. The van der Waals surface area contributed by atoms with E-state index in [1.165, 1.54) is 17.5 Å². The number of alkyl halides is 3. The number of hydrazine groups is 1. The Morgan fingerprint density at radius 3 is 2.69 bits per heavy atom. The normalized spacial score (nSPS) is 14.5. The SMILES string of the molecule is NNC(Cc1nccs1)C(F)(F)F. The van der Waals surface area contributed by atoms with Gasteiger partial charge in [-0.1, -0.05) is 0 Å². The first-order chi connectivity index (χ1) is 6.04. The third kappa shape index (κ3) is 2.94. The van der Waals surface area contributed by atoms with Gasteiger partial charge in [-0.05, 0) is 0 Å². The number of aromatic nitrogens is 1. The van der Waals surface area contributed by atoms with Crippen molar-refractivity contribution in [3.8, 4) is 0 Å². The van der Waals surface area contributed by atoms with Crippen molar-refractivity contribution in [2.75, 3.05) is 0 Å². The van der Waals surface area contributed by atoms with E-state index in [9.17, 15) is 13.2 Å². The Kier molecular flexibility index (Phi) is 3.23. The van der Waals surface area contributed by atoms with Crippen LogP contribution in [-0.2, 0) is 6.42 Å². The van der Waals surface area contributed by atoms with Crippen LogP contribution < -0.4 is 11.3 Å². The molecule has 1 rings (SSSR count). The molecule has 0 aliphatic rings. The Bertz CT molecular complexity index is 246. The molecule has 0 radical (unpaired) electrons. The first-order valence-electron chi connectivity index (χ1n) is 3.45. The van der Waals surface area contributed by atoms with E-state index < -0.39 is 12.2 Å². The average Bonchev–Trinajstić information content (AvgIpc) is 2.49. The van der Waals surface area contributed by atoms with E-state index in [0.717, 1.165) is 0 Å². The molecule has 1 aromatic rings. The Hall–Kier alpha value is -0.660. The van der Waals surface area contributed by atoms with Gasteiger partial charge in [-0.2, -0.15) is 13.2 Å². The predicted octanol–water partition coefficient (Wildman–Crippen LogP) is 1.08. The zero-order valence-electron chi connectivity index (χ0n) is 6.51. The van der Waals surface area contributed by atoms with E-state index >= 15 is 0 Å². The first kappa shape index (κ1) is 10.4. The van der Waals surface area contributed by atoms with Gasteiger partial charge in [0.2, 0.25) is 0 Å². The fourth-order valence-corrected chi connectivity index (χ4v) is 1.46. The lowest BCUT2D eigenvalue weighted by atomic mass is 10.2. The van der Waals surface area contributed by atoms with Gasteiger partial charge in [0.15, 0.2) is 0 Å². The first-order valence-corrected chi connectivity index (χ1v) is 4.33. The smallest absolute Gasteiger partial charge is 0.271 e. The molecule has 7 heteroatoms. The van der Waals surface area contributed by atoms with E-state index in [0.29, 0.717) is 5.01 Å². The van der Waals surface area contributed by atoms with Gasteiger partial charge in [-0.15, -0.1) is 11.3 Å². The minimum atomic E-state index is -4.33. The molecular weight excluding hydrogens is 203 g/mol. The highest BCUT2D eigenvalue weighted by atomic mass is 32.1. The second-order valence-electron chi connectivity index (χ2n) is 2.39. The van der Waals surface area contributed by atoms with Crippen molar-refractivity contribution < 1.29 is 13.2 Å². The second-order valence-corrected chi connectivity index (χ2v) is 3.37. The monoisotopic (exact) mass is 211 g/mol. The van der Waals surface area contributed by atoms with Gasteiger partial charge in [-0.25, -0.2) is 10.4 Å².